The third kappa shape index (κ3) is 2.45. The highest BCUT2D eigenvalue weighted by atomic mass is 15.2. The molecular formula is C16H24N2. The molecule has 3 rings (SSSR count). The maximum atomic E-state index is 5.62. The van der Waals surface area contributed by atoms with Crippen molar-refractivity contribution >= 4 is 0 Å². The fourth-order valence-corrected chi connectivity index (χ4v) is 3.67. The molecule has 0 radical (unpaired) electrons. The number of likely N-dealkylation sites (tertiary alicyclic amines) is 1. The highest BCUT2D eigenvalue weighted by molar-refractivity contribution is 5.22. The van der Waals surface area contributed by atoms with Crippen LogP contribution in [0.25, 0.3) is 0 Å². The third-order valence-electron chi connectivity index (χ3n) is 4.70. The number of rotatable bonds is 3. The molecule has 1 spiro atoms. The van der Waals surface area contributed by atoms with E-state index in [9.17, 15) is 0 Å². The van der Waals surface area contributed by atoms with Gasteiger partial charge in [-0.15, -0.1) is 0 Å². The number of hydrogen-bond acceptors (Lipinski definition) is 2. The van der Waals surface area contributed by atoms with Crippen molar-refractivity contribution < 1.29 is 0 Å². The lowest BCUT2D eigenvalue weighted by Gasteiger charge is -2.52. The molecule has 1 saturated carbocycles. The van der Waals surface area contributed by atoms with Crippen molar-refractivity contribution in [3.8, 4) is 0 Å². The van der Waals surface area contributed by atoms with Gasteiger partial charge in [-0.05, 0) is 29.4 Å². The highest BCUT2D eigenvalue weighted by Gasteiger charge is 2.42. The molecule has 0 aromatic heterocycles. The van der Waals surface area contributed by atoms with Gasteiger partial charge in [0.25, 0.3) is 0 Å². The average molecular weight is 244 g/mol. The predicted molar refractivity (Wildman–Crippen MR) is 75.1 cm³/mol. The van der Waals surface area contributed by atoms with E-state index in [0.29, 0.717) is 12.0 Å². The standard InChI is InChI=1S/C16H24N2/c17-10-14-4-6-15(7-5-14)11-18-12-16(13-18)8-2-1-3-9-16/h4-7H,1-3,8-13,17H2. The fraction of sp³-hybridized carbons (Fsp3) is 0.625. The van der Waals surface area contributed by atoms with Gasteiger partial charge in [-0.1, -0.05) is 43.5 Å². The number of benzene rings is 1. The maximum Gasteiger partial charge on any atom is 0.0234 e. The Kier molecular flexibility index (Phi) is 3.40. The van der Waals surface area contributed by atoms with Gasteiger partial charge in [-0.2, -0.15) is 0 Å². The first-order chi connectivity index (χ1) is 8.80. The topological polar surface area (TPSA) is 29.3 Å². The molecule has 0 bridgehead atoms. The van der Waals surface area contributed by atoms with Gasteiger partial charge in [-0.25, -0.2) is 0 Å². The van der Waals surface area contributed by atoms with Crippen molar-refractivity contribution in [2.24, 2.45) is 11.1 Å². The van der Waals surface area contributed by atoms with Crippen LogP contribution in [0.2, 0.25) is 0 Å². The van der Waals surface area contributed by atoms with Gasteiger partial charge in [0.2, 0.25) is 0 Å². The van der Waals surface area contributed by atoms with E-state index in [-0.39, 0.29) is 0 Å². The zero-order valence-corrected chi connectivity index (χ0v) is 11.2. The summed E-state index contributed by atoms with van der Waals surface area (Å²) >= 11 is 0. The minimum atomic E-state index is 0.646. The zero-order chi connectivity index (χ0) is 12.4. The van der Waals surface area contributed by atoms with Gasteiger partial charge >= 0.3 is 0 Å². The minimum absolute atomic E-state index is 0.646. The molecule has 2 aliphatic rings. The molecule has 18 heavy (non-hydrogen) atoms. The summed E-state index contributed by atoms with van der Waals surface area (Å²) in [5, 5.41) is 0. The summed E-state index contributed by atoms with van der Waals surface area (Å²) in [7, 11) is 0. The van der Waals surface area contributed by atoms with E-state index in [2.05, 4.69) is 29.2 Å². The third-order valence-corrected chi connectivity index (χ3v) is 4.70. The van der Waals surface area contributed by atoms with Crippen LogP contribution in [0.3, 0.4) is 0 Å². The van der Waals surface area contributed by atoms with Crippen molar-refractivity contribution in [2.45, 2.75) is 45.2 Å². The van der Waals surface area contributed by atoms with Crippen LogP contribution in [0.4, 0.5) is 0 Å². The monoisotopic (exact) mass is 244 g/mol. The van der Waals surface area contributed by atoms with Crippen LogP contribution < -0.4 is 5.73 Å². The van der Waals surface area contributed by atoms with Crippen molar-refractivity contribution in [3.05, 3.63) is 35.4 Å². The van der Waals surface area contributed by atoms with E-state index in [1.165, 1.54) is 56.3 Å². The van der Waals surface area contributed by atoms with Gasteiger partial charge in [0.05, 0.1) is 0 Å². The summed E-state index contributed by atoms with van der Waals surface area (Å²) in [5.41, 5.74) is 8.98. The lowest BCUT2D eigenvalue weighted by Crippen LogP contribution is -2.56. The zero-order valence-electron chi connectivity index (χ0n) is 11.2. The van der Waals surface area contributed by atoms with Crippen LogP contribution in [-0.2, 0) is 13.1 Å². The maximum absolute atomic E-state index is 5.62. The number of hydrogen-bond donors (Lipinski definition) is 1. The van der Waals surface area contributed by atoms with Gasteiger partial charge in [0, 0.05) is 26.2 Å². The van der Waals surface area contributed by atoms with E-state index < -0.39 is 0 Å². The Bertz CT molecular complexity index is 382. The Morgan fingerprint density at radius 3 is 2.17 bits per heavy atom. The molecule has 0 amide bonds. The van der Waals surface area contributed by atoms with E-state index in [0.717, 1.165) is 6.54 Å². The summed E-state index contributed by atoms with van der Waals surface area (Å²) in [5.74, 6) is 0. The second-order valence-corrected chi connectivity index (χ2v) is 6.23. The summed E-state index contributed by atoms with van der Waals surface area (Å²) in [4.78, 5) is 2.60. The van der Waals surface area contributed by atoms with Crippen LogP contribution in [0.5, 0.6) is 0 Å². The van der Waals surface area contributed by atoms with E-state index in [4.69, 9.17) is 5.73 Å². The van der Waals surface area contributed by atoms with E-state index in [1.807, 2.05) is 0 Å². The summed E-state index contributed by atoms with van der Waals surface area (Å²) in [6.45, 7) is 4.41. The lowest BCUT2D eigenvalue weighted by molar-refractivity contribution is -0.0332. The molecule has 0 atom stereocenters. The molecular weight excluding hydrogens is 220 g/mol. The number of nitrogens with two attached hydrogens (primary N) is 1. The molecule has 1 aromatic rings. The molecule has 2 nitrogen and oxygen atoms in total. The van der Waals surface area contributed by atoms with Gasteiger partial charge in [0.1, 0.15) is 0 Å². The summed E-state index contributed by atoms with van der Waals surface area (Å²) in [6, 6.07) is 8.78. The summed E-state index contributed by atoms with van der Waals surface area (Å²) in [6.07, 6.45) is 7.31. The SMILES string of the molecule is NCc1ccc(CN2CC3(CCCCC3)C2)cc1. The second-order valence-electron chi connectivity index (χ2n) is 6.23. The molecule has 1 aliphatic carbocycles. The van der Waals surface area contributed by atoms with Crippen molar-refractivity contribution in [1.82, 2.24) is 4.90 Å². The molecule has 1 aromatic carbocycles. The smallest absolute Gasteiger partial charge is 0.0234 e. The molecule has 2 heteroatoms. The predicted octanol–water partition coefficient (Wildman–Crippen LogP) is 2.91. The van der Waals surface area contributed by atoms with E-state index in [1.54, 1.807) is 0 Å². The Labute approximate surface area is 110 Å². The van der Waals surface area contributed by atoms with Gasteiger partial charge < -0.3 is 5.73 Å². The Morgan fingerprint density at radius 2 is 1.56 bits per heavy atom. The Morgan fingerprint density at radius 1 is 0.944 bits per heavy atom. The van der Waals surface area contributed by atoms with Crippen molar-refractivity contribution in [3.63, 3.8) is 0 Å². The molecule has 1 saturated heterocycles. The highest BCUT2D eigenvalue weighted by Crippen LogP contribution is 2.44. The average Bonchev–Trinajstić information content (AvgIpc) is 2.39. The normalized spacial score (nSPS) is 22.9. The van der Waals surface area contributed by atoms with Crippen LogP contribution in [0, 0.1) is 5.41 Å². The Balaban J connectivity index is 1.52. The molecule has 1 aliphatic heterocycles. The fourth-order valence-electron chi connectivity index (χ4n) is 3.67. The minimum Gasteiger partial charge on any atom is -0.326 e. The van der Waals surface area contributed by atoms with Crippen LogP contribution in [0.1, 0.15) is 43.2 Å². The van der Waals surface area contributed by atoms with Gasteiger partial charge in [0.15, 0.2) is 0 Å². The quantitative estimate of drug-likeness (QED) is 0.886. The molecule has 98 valence electrons. The first-order valence-corrected chi connectivity index (χ1v) is 7.30. The molecule has 2 fully saturated rings. The molecule has 1 heterocycles. The molecule has 0 unspecified atom stereocenters. The molecule has 2 N–H and O–H groups in total. The van der Waals surface area contributed by atoms with Crippen LogP contribution in [-0.4, -0.2) is 18.0 Å². The Hall–Kier alpha value is -0.860. The van der Waals surface area contributed by atoms with Crippen molar-refractivity contribution in [1.29, 1.82) is 0 Å². The van der Waals surface area contributed by atoms with Gasteiger partial charge in [-0.3, -0.25) is 4.90 Å². The first kappa shape index (κ1) is 12.2. The second kappa shape index (κ2) is 5.02. The van der Waals surface area contributed by atoms with Crippen LogP contribution >= 0.6 is 0 Å². The largest absolute Gasteiger partial charge is 0.326 e. The lowest BCUT2D eigenvalue weighted by atomic mass is 9.68. The van der Waals surface area contributed by atoms with Crippen LogP contribution in [0.15, 0.2) is 24.3 Å². The van der Waals surface area contributed by atoms with E-state index >= 15 is 0 Å². The van der Waals surface area contributed by atoms with Crippen molar-refractivity contribution in [2.75, 3.05) is 13.1 Å². The number of nitrogens with zero attached hydrogens (tertiary/aromatic N) is 1. The first-order valence-electron chi connectivity index (χ1n) is 7.30. The summed E-state index contributed by atoms with van der Waals surface area (Å²) < 4.78 is 0.